The monoisotopic (exact) mass is 566 g/mol. The summed E-state index contributed by atoms with van der Waals surface area (Å²) >= 11 is 1.76. The normalized spacial score (nSPS) is 15.3. The van der Waals surface area contributed by atoms with E-state index in [2.05, 4.69) is 110 Å². The third-order valence-corrected chi connectivity index (χ3v) is 9.67. The summed E-state index contributed by atoms with van der Waals surface area (Å²) in [6, 6.07) is 30.5. The lowest BCUT2D eigenvalue weighted by Gasteiger charge is -2.34. The summed E-state index contributed by atoms with van der Waals surface area (Å²) in [7, 11) is 0. The van der Waals surface area contributed by atoms with Crippen molar-refractivity contribution in [2.24, 2.45) is 0 Å². The average Bonchev–Trinajstić information content (AvgIpc) is 3.45. The zero-order valence-corrected chi connectivity index (χ0v) is 25.5. The molecule has 4 aromatic rings. The molecule has 3 aromatic carbocycles. The van der Waals surface area contributed by atoms with Crippen LogP contribution < -0.4 is 4.90 Å². The van der Waals surface area contributed by atoms with Gasteiger partial charge in [-0.2, -0.15) is 0 Å². The number of thiophene rings is 1. The van der Waals surface area contributed by atoms with Crippen molar-refractivity contribution in [1.29, 1.82) is 0 Å². The number of benzene rings is 3. The highest BCUT2D eigenvalue weighted by Crippen LogP contribution is 2.32. The second kappa shape index (κ2) is 13.1. The topological polar surface area (TPSA) is 43.8 Å². The Kier molecular flexibility index (Phi) is 9.26. The van der Waals surface area contributed by atoms with E-state index in [0.717, 1.165) is 12.1 Å². The Labute approximate surface area is 249 Å². The first-order valence-corrected chi connectivity index (χ1v) is 15.8. The molecule has 41 heavy (non-hydrogen) atoms. The zero-order chi connectivity index (χ0) is 28.9. The Morgan fingerprint density at radius 1 is 0.927 bits per heavy atom. The lowest BCUT2D eigenvalue weighted by atomic mass is 9.94. The van der Waals surface area contributed by atoms with Gasteiger partial charge in [-0.05, 0) is 91.1 Å². The van der Waals surface area contributed by atoms with Crippen LogP contribution in [-0.2, 0) is 30.8 Å². The predicted octanol–water partition coefficient (Wildman–Crippen LogP) is 8.75. The Hall–Kier alpha value is -3.41. The van der Waals surface area contributed by atoms with E-state index in [0.29, 0.717) is 31.5 Å². The minimum Gasteiger partial charge on any atom is -0.480 e. The van der Waals surface area contributed by atoms with Crippen molar-refractivity contribution in [2.75, 3.05) is 4.90 Å². The molecular formula is C36H42N2O2S. The van der Waals surface area contributed by atoms with Gasteiger partial charge in [-0.3, -0.25) is 9.69 Å². The van der Waals surface area contributed by atoms with Crippen LogP contribution in [0.15, 0.2) is 84.9 Å². The van der Waals surface area contributed by atoms with Crippen LogP contribution >= 0.6 is 11.3 Å². The summed E-state index contributed by atoms with van der Waals surface area (Å²) < 4.78 is 0. The molecule has 1 aromatic heterocycles. The molecule has 5 rings (SSSR count). The highest BCUT2D eigenvalue weighted by molar-refractivity contribution is 7.15. The van der Waals surface area contributed by atoms with Gasteiger partial charge in [0.2, 0.25) is 0 Å². The number of aliphatic carboxylic acids is 1. The van der Waals surface area contributed by atoms with E-state index in [1.807, 2.05) is 12.1 Å². The van der Waals surface area contributed by atoms with Gasteiger partial charge in [-0.25, -0.2) is 0 Å². The predicted molar refractivity (Wildman–Crippen MR) is 172 cm³/mol. The molecule has 1 N–H and O–H groups in total. The zero-order valence-electron chi connectivity index (χ0n) is 24.7. The maximum atomic E-state index is 12.1. The fourth-order valence-corrected chi connectivity index (χ4v) is 7.09. The largest absolute Gasteiger partial charge is 0.480 e. The molecule has 1 atom stereocenters. The number of hydrogen-bond acceptors (Lipinski definition) is 4. The molecule has 0 amide bonds. The van der Waals surface area contributed by atoms with Gasteiger partial charge in [0.15, 0.2) is 0 Å². The highest BCUT2D eigenvalue weighted by Gasteiger charge is 2.31. The van der Waals surface area contributed by atoms with Gasteiger partial charge in [-0.15, -0.1) is 11.3 Å². The third-order valence-electron chi connectivity index (χ3n) is 8.55. The first-order chi connectivity index (χ1) is 19.9. The van der Waals surface area contributed by atoms with Gasteiger partial charge in [0, 0.05) is 41.1 Å². The molecule has 0 radical (unpaired) electrons. The maximum Gasteiger partial charge on any atom is 0.321 e. The minimum atomic E-state index is -0.746. The molecule has 0 aliphatic carbocycles. The number of hydrogen-bond donors (Lipinski definition) is 1. The van der Waals surface area contributed by atoms with Crippen LogP contribution in [0.25, 0.3) is 10.4 Å². The van der Waals surface area contributed by atoms with Crippen molar-refractivity contribution in [1.82, 2.24) is 4.90 Å². The van der Waals surface area contributed by atoms with Crippen molar-refractivity contribution in [3.8, 4) is 10.4 Å². The number of nitrogens with zero attached hydrogens (tertiary/aromatic N) is 2. The lowest BCUT2D eigenvalue weighted by Crippen LogP contribution is -2.44. The quantitative estimate of drug-likeness (QED) is 0.197. The molecule has 0 saturated carbocycles. The van der Waals surface area contributed by atoms with Crippen molar-refractivity contribution in [2.45, 2.75) is 84.6 Å². The minimum absolute atomic E-state index is 0.393. The summed E-state index contributed by atoms with van der Waals surface area (Å²) in [5.41, 5.74) is 7.58. The number of rotatable bonds is 11. The summed E-state index contributed by atoms with van der Waals surface area (Å²) in [6.07, 6.45) is 2.91. The highest BCUT2D eigenvalue weighted by atomic mass is 32.1. The molecule has 1 aliphatic heterocycles. The van der Waals surface area contributed by atoms with Crippen LogP contribution in [0.3, 0.4) is 0 Å². The van der Waals surface area contributed by atoms with E-state index >= 15 is 0 Å². The van der Waals surface area contributed by atoms with Crippen molar-refractivity contribution >= 4 is 23.0 Å². The molecule has 0 saturated heterocycles. The average molecular weight is 567 g/mol. The van der Waals surface area contributed by atoms with Gasteiger partial charge >= 0.3 is 5.97 Å². The van der Waals surface area contributed by atoms with Crippen molar-refractivity contribution in [3.05, 3.63) is 112 Å². The van der Waals surface area contributed by atoms with Crippen molar-refractivity contribution < 1.29 is 9.90 Å². The van der Waals surface area contributed by atoms with Gasteiger partial charge in [0.25, 0.3) is 0 Å². The molecule has 5 heteroatoms. The summed E-state index contributed by atoms with van der Waals surface area (Å²) in [5, 5.41) is 9.90. The molecule has 1 aliphatic rings. The van der Waals surface area contributed by atoms with E-state index in [1.165, 1.54) is 50.5 Å². The molecule has 4 nitrogen and oxygen atoms in total. The van der Waals surface area contributed by atoms with Crippen LogP contribution in [0.2, 0.25) is 0 Å². The third kappa shape index (κ3) is 6.74. The van der Waals surface area contributed by atoms with E-state index in [1.54, 1.807) is 11.3 Å². The molecular weight excluding hydrogens is 524 g/mol. The number of carbonyl (C=O) groups is 1. The maximum absolute atomic E-state index is 12.1. The summed E-state index contributed by atoms with van der Waals surface area (Å²) in [5.74, 6) is -0.110. The molecule has 0 bridgehead atoms. The summed E-state index contributed by atoms with van der Waals surface area (Å²) in [4.78, 5) is 19.0. The van der Waals surface area contributed by atoms with E-state index in [9.17, 15) is 9.90 Å². The van der Waals surface area contributed by atoms with Crippen LogP contribution in [0.4, 0.5) is 5.69 Å². The standard InChI is InChI=1S/C36H42N2O2S/c1-5-27(6-2)28-15-17-32(18-16-28)38(25(3)4)22-26-11-13-29(14-12-26)35-20-19-33(41-35)24-37-23-31-10-8-7-9-30(31)21-34(37)36(39)40/h7-20,25,27,34H,5-6,21-24H2,1-4H3,(H,39,40). The fourth-order valence-electron chi connectivity index (χ4n) is 6.05. The van der Waals surface area contributed by atoms with Crippen LogP contribution in [-0.4, -0.2) is 28.1 Å². The Morgan fingerprint density at radius 3 is 2.24 bits per heavy atom. The second-order valence-corrected chi connectivity index (χ2v) is 12.7. The molecule has 0 spiro atoms. The molecule has 214 valence electrons. The fraction of sp³-hybridized carbons (Fsp3) is 0.361. The summed E-state index contributed by atoms with van der Waals surface area (Å²) in [6.45, 7) is 11.2. The van der Waals surface area contributed by atoms with Gasteiger partial charge in [0.05, 0.1) is 0 Å². The molecule has 1 unspecified atom stereocenters. The molecule has 0 fully saturated rings. The van der Waals surface area contributed by atoms with Gasteiger partial charge < -0.3 is 10.0 Å². The van der Waals surface area contributed by atoms with E-state index in [4.69, 9.17) is 0 Å². The van der Waals surface area contributed by atoms with E-state index < -0.39 is 12.0 Å². The van der Waals surface area contributed by atoms with Crippen LogP contribution in [0.1, 0.15) is 73.6 Å². The SMILES string of the molecule is CCC(CC)c1ccc(N(Cc2ccc(-c3ccc(CN4Cc5ccccc5CC4C(=O)O)s3)cc2)C(C)C)cc1. The van der Waals surface area contributed by atoms with Gasteiger partial charge in [-0.1, -0.05) is 74.5 Å². The van der Waals surface area contributed by atoms with Crippen LogP contribution in [0, 0.1) is 0 Å². The number of fused-ring (bicyclic) bond motifs is 1. The Balaban J connectivity index is 1.26. The first-order valence-electron chi connectivity index (χ1n) is 14.9. The lowest BCUT2D eigenvalue weighted by molar-refractivity contribution is -0.144. The second-order valence-electron chi connectivity index (χ2n) is 11.5. The van der Waals surface area contributed by atoms with E-state index in [-0.39, 0.29) is 0 Å². The van der Waals surface area contributed by atoms with Gasteiger partial charge in [0.1, 0.15) is 6.04 Å². The molecule has 2 heterocycles. The Bertz CT molecular complexity index is 1440. The van der Waals surface area contributed by atoms with Crippen LogP contribution in [0.5, 0.6) is 0 Å². The smallest absolute Gasteiger partial charge is 0.321 e. The first kappa shape index (κ1) is 29.1. The number of carboxylic acid groups (broad SMARTS) is 1. The Morgan fingerprint density at radius 2 is 1.61 bits per heavy atom. The number of anilines is 1. The number of carboxylic acids is 1. The van der Waals surface area contributed by atoms with Crippen molar-refractivity contribution in [3.63, 3.8) is 0 Å².